The van der Waals surface area contributed by atoms with Crippen molar-refractivity contribution in [2.24, 2.45) is 0 Å². The molecule has 2 aliphatic heterocycles. The molecule has 1 N–H and O–H groups in total. The number of morpholine rings is 1. The van der Waals surface area contributed by atoms with Crippen LogP contribution >= 0.6 is 0 Å². The molecule has 0 aromatic rings. The van der Waals surface area contributed by atoms with Crippen LogP contribution in [0.1, 0.15) is 32.6 Å². The number of nitrogens with one attached hydrogen (secondary N) is 1. The van der Waals surface area contributed by atoms with Crippen molar-refractivity contribution in [2.75, 3.05) is 45.9 Å². The summed E-state index contributed by atoms with van der Waals surface area (Å²) in [6, 6.07) is -0.320. The predicted molar refractivity (Wildman–Crippen MR) is 79.9 cm³/mol. The topological polar surface area (TPSA) is 61.9 Å². The van der Waals surface area contributed by atoms with E-state index in [-0.39, 0.29) is 24.4 Å². The first-order chi connectivity index (χ1) is 10.2. The van der Waals surface area contributed by atoms with Crippen LogP contribution in [-0.2, 0) is 14.3 Å². The van der Waals surface area contributed by atoms with Crippen LogP contribution in [0.15, 0.2) is 0 Å². The SMILES string of the molecule is CC(NCC(=O)N1CCCCCC1)C(=O)N1CCOCC1. The third-order valence-electron chi connectivity index (χ3n) is 4.21. The summed E-state index contributed by atoms with van der Waals surface area (Å²) in [5, 5.41) is 3.07. The fourth-order valence-corrected chi connectivity index (χ4v) is 2.82. The first-order valence-electron chi connectivity index (χ1n) is 8.06. The largest absolute Gasteiger partial charge is 0.378 e. The zero-order chi connectivity index (χ0) is 15.1. The fraction of sp³-hybridized carbons (Fsp3) is 0.867. The lowest BCUT2D eigenvalue weighted by Gasteiger charge is -2.29. The Morgan fingerprint density at radius 1 is 1.00 bits per heavy atom. The van der Waals surface area contributed by atoms with Crippen molar-refractivity contribution in [3.8, 4) is 0 Å². The Morgan fingerprint density at radius 2 is 1.62 bits per heavy atom. The molecule has 1 atom stereocenters. The van der Waals surface area contributed by atoms with E-state index >= 15 is 0 Å². The minimum atomic E-state index is -0.320. The van der Waals surface area contributed by atoms with Gasteiger partial charge in [0.05, 0.1) is 25.8 Å². The van der Waals surface area contributed by atoms with Gasteiger partial charge in [-0.25, -0.2) is 0 Å². The molecule has 0 radical (unpaired) electrons. The molecule has 2 rings (SSSR count). The lowest BCUT2D eigenvalue weighted by Crippen LogP contribution is -2.51. The summed E-state index contributed by atoms with van der Waals surface area (Å²) in [6.07, 6.45) is 4.61. The Bertz CT molecular complexity index is 348. The molecule has 0 spiro atoms. The predicted octanol–water partition coefficient (Wildman–Crippen LogP) is 0.226. The van der Waals surface area contributed by atoms with Gasteiger partial charge in [-0.05, 0) is 19.8 Å². The van der Waals surface area contributed by atoms with Gasteiger partial charge in [0.15, 0.2) is 0 Å². The van der Waals surface area contributed by atoms with E-state index in [2.05, 4.69) is 5.32 Å². The summed E-state index contributed by atoms with van der Waals surface area (Å²) < 4.78 is 5.24. The van der Waals surface area contributed by atoms with Gasteiger partial charge in [-0.15, -0.1) is 0 Å². The fourth-order valence-electron chi connectivity index (χ4n) is 2.82. The Labute approximate surface area is 126 Å². The van der Waals surface area contributed by atoms with E-state index in [0.29, 0.717) is 26.3 Å². The standard InChI is InChI=1S/C15H27N3O3/c1-13(15(20)18-8-10-21-11-9-18)16-12-14(19)17-6-4-2-3-5-7-17/h13,16H,2-12H2,1H3. The number of amides is 2. The minimum absolute atomic E-state index is 0.0574. The normalized spacial score (nSPS) is 21.8. The zero-order valence-corrected chi connectivity index (χ0v) is 13.0. The Morgan fingerprint density at radius 3 is 2.24 bits per heavy atom. The van der Waals surface area contributed by atoms with Crippen molar-refractivity contribution in [2.45, 2.75) is 38.6 Å². The van der Waals surface area contributed by atoms with Gasteiger partial charge in [-0.1, -0.05) is 12.8 Å². The second kappa shape index (κ2) is 8.34. The smallest absolute Gasteiger partial charge is 0.239 e. The third kappa shape index (κ3) is 4.97. The summed E-state index contributed by atoms with van der Waals surface area (Å²) in [7, 11) is 0. The lowest BCUT2D eigenvalue weighted by molar-refractivity contribution is -0.137. The highest BCUT2D eigenvalue weighted by Gasteiger charge is 2.23. The van der Waals surface area contributed by atoms with Crippen LogP contribution in [0.2, 0.25) is 0 Å². The molecule has 0 aliphatic carbocycles. The van der Waals surface area contributed by atoms with E-state index in [9.17, 15) is 9.59 Å². The molecule has 2 fully saturated rings. The zero-order valence-electron chi connectivity index (χ0n) is 13.0. The Balaban J connectivity index is 1.73. The molecule has 0 aromatic carbocycles. The second-order valence-electron chi connectivity index (χ2n) is 5.84. The van der Waals surface area contributed by atoms with E-state index in [1.165, 1.54) is 12.8 Å². The van der Waals surface area contributed by atoms with E-state index in [0.717, 1.165) is 25.9 Å². The molecule has 0 bridgehead atoms. The van der Waals surface area contributed by atoms with Crippen LogP contribution < -0.4 is 5.32 Å². The van der Waals surface area contributed by atoms with Crippen LogP contribution in [0.4, 0.5) is 0 Å². The van der Waals surface area contributed by atoms with Crippen LogP contribution in [-0.4, -0.2) is 73.6 Å². The number of nitrogens with zero attached hydrogens (tertiary/aromatic N) is 2. The van der Waals surface area contributed by atoms with Gasteiger partial charge in [0.1, 0.15) is 0 Å². The van der Waals surface area contributed by atoms with Gasteiger partial charge in [-0.3, -0.25) is 14.9 Å². The van der Waals surface area contributed by atoms with Crippen LogP contribution in [0, 0.1) is 0 Å². The molecule has 2 saturated heterocycles. The summed E-state index contributed by atoms with van der Waals surface area (Å²) >= 11 is 0. The number of carbonyl (C=O) groups is 2. The first kappa shape index (κ1) is 16.2. The average molecular weight is 297 g/mol. The maximum atomic E-state index is 12.2. The first-order valence-corrected chi connectivity index (χ1v) is 8.06. The van der Waals surface area contributed by atoms with Crippen molar-refractivity contribution >= 4 is 11.8 Å². The minimum Gasteiger partial charge on any atom is -0.378 e. The van der Waals surface area contributed by atoms with Crippen molar-refractivity contribution in [3.05, 3.63) is 0 Å². The second-order valence-corrected chi connectivity index (χ2v) is 5.84. The maximum Gasteiger partial charge on any atom is 0.239 e. The van der Waals surface area contributed by atoms with Gasteiger partial charge < -0.3 is 14.5 Å². The highest BCUT2D eigenvalue weighted by Crippen LogP contribution is 2.09. The number of likely N-dealkylation sites (tertiary alicyclic amines) is 1. The molecular formula is C15H27N3O3. The number of rotatable bonds is 4. The number of hydrogen-bond acceptors (Lipinski definition) is 4. The maximum absolute atomic E-state index is 12.2. The quantitative estimate of drug-likeness (QED) is 0.807. The molecule has 2 aliphatic rings. The molecule has 6 heteroatoms. The molecule has 1 unspecified atom stereocenters. The Kier molecular flexibility index (Phi) is 6.45. The van der Waals surface area contributed by atoms with Crippen LogP contribution in [0.5, 0.6) is 0 Å². The highest BCUT2D eigenvalue weighted by molar-refractivity contribution is 5.83. The molecule has 21 heavy (non-hydrogen) atoms. The summed E-state index contributed by atoms with van der Waals surface area (Å²) in [5.41, 5.74) is 0. The van der Waals surface area contributed by atoms with Gasteiger partial charge in [0, 0.05) is 26.2 Å². The van der Waals surface area contributed by atoms with E-state index in [4.69, 9.17) is 4.74 Å². The van der Waals surface area contributed by atoms with Crippen molar-refractivity contribution in [3.63, 3.8) is 0 Å². The van der Waals surface area contributed by atoms with Crippen molar-refractivity contribution < 1.29 is 14.3 Å². The van der Waals surface area contributed by atoms with E-state index in [1.54, 1.807) is 4.90 Å². The van der Waals surface area contributed by atoms with Gasteiger partial charge in [0.2, 0.25) is 11.8 Å². The Hall–Kier alpha value is -1.14. The summed E-state index contributed by atoms with van der Waals surface area (Å²) in [6.45, 7) is 6.27. The molecule has 120 valence electrons. The summed E-state index contributed by atoms with van der Waals surface area (Å²) in [4.78, 5) is 28.1. The van der Waals surface area contributed by atoms with Gasteiger partial charge >= 0.3 is 0 Å². The molecule has 0 aromatic heterocycles. The summed E-state index contributed by atoms with van der Waals surface area (Å²) in [5.74, 6) is 0.167. The molecule has 0 saturated carbocycles. The molecule has 2 heterocycles. The highest BCUT2D eigenvalue weighted by atomic mass is 16.5. The van der Waals surface area contributed by atoms with Crippen molar-refractivity contribution in [1.29, 1.82) is 0 Å². The lowest BCUT2D eigenvalue weighted by atomic mass is 10.2. The molecule has 6 nitrogen and oxygen atoms in total. The average Bonchev–Trinajstić information content (AvgIpc) is 2.81. The molecular weight excluding hydrogens is 270 g/mol. The number of carbonyl (C=O) groups excluding carboxylic acids is 2. The van der Waals surface area contributed by atoms with Crippen molar-refractivity contribution in [1.82, 2.24) is 15.1 Å². The monoisotopic (exact) mass is 297 g/mol. The van der Waals surface area contributed by atoms with Gasteiger partial charge in [-0.2, -0.15) is 0 Å². The van der Waals surface area contributed by atoms with Crippen LogP contribution in [0.25, 0.3) is 0 Å². The number of ether oxygens (including phenoxy) is 1. The van der Waals surface area contributed by atoms with Crippen LogP contribution in [0.3, 0.4) is 0 Å². The van der Waals surface area contributed by atoms with E-state index in [1.807, 2.05) is 11.8 Å². The number of hydrogen-bond donors (Lipinski definition) is 1. The van der Waals surface area contributed by atoms with Gasteiger partial charge in [0.25, 0.3) is 0 Å². The molecule has 2 amide bonds. The van der Waals surface area contributed by atoms with E-state index < -0.39 is 0 Å². The third-order valence-corrected chi connectivity index (χ3v) is 4.21.